The lowest BCUT2D eigenvalue weighted by molar-refractivity contribution is 0.0690. The molecule has 1 rings (SSSR count). The number of carboxylic acid groups (broad SMARTS) is 1. The third kappa shape index (κ3) is 6.71. The van der Waals surface area contributed by atoms with Gasteiger partial charge in [0.25, 0.3) is 0 Å². The highest BCUT2D eigenvalue weighted by Gasteiger charge is 2.24. The molecular formula is C21H37N3O2. The predicted octanol–water partition coefficient (Wildman–Crippen LogP) is 3.83. The number of nitrogens with zero attached hydrogens (tertiary/aromatic N) is 2. The Morgan fingerprint density at radius 1 is 1.08 bits per heavy atom. The molecule has 2 N–H and O–H groups in total. The van der Waals surface area contributed by atoms with Crippen molar-refractivity contribution in [1.29, 1.82) is 0 Å². The summed E-state index contributed by atoms with van der Waals surface area (Å²) in [6.07, 6.45) is 2.13. The highest BCUT2D eigenvalue weighted by Crippen LogP contribution is 2.23. The van der Waals surface area contributed by atoms with Crippen LogP contribution in [0.3, 0.4) is 0 Å². The standard InChI is InChI=1S/C21H37N3O2/c1-6-23(7-2)16-12-13-17(5)22-20(24(8-3)9-4)18-14-10-11-15-19(18)21(25)26/h10-11,14-15,17,20,22H,6-9,12-13,16H2,1-5H3,(H,25,26). The second kappa shape index (κ2) is 12.0. The first-order valence-corrected chi connectivity index (χ1v) is 10.0. The van der Waals surface area contributed by atoms with Gasteiger partial charge in [-0.25, -0.2) is 4.79 Å². The summed E-state index contributed by atoms with van der Waals surface area (Å²) in [6.45, 7) is 15.9. The second-order valence-corrected chi connectivity index (χ2v) is 6.75. The largest absolute Gasteiger partial charge is 0.478 e. The summed E-state index contributed by atoms with van der Waals surface area (Å²) in [4.78, 5) is 16.4. The van der Waals surface area contributed by atoms with Gasteiger partial charge in [-0.15, -0.1) is 0 Å². The molecule has 5 heteroatoms. The Labute approximate surface area is 159 Å². The average Bonchev–Trinajstić information content (AvgIpc) is 2.65. The molecule has 1 aromatic carbocycles. The van der Waals surface area contributed by atoms with Gasteiger partial charge in [0.15, 0.2) is 0 Å². The minimum absolute atomic E-state index is 0.0826. The van der Waals surface area contributed by atoms with Crippen molar-refractivity contribution in [1.82, 2.24) is 15.1 Å². The fraction of sp³-hybridized carbons (Fsp3) is 0.667. The summed E-state index contributed by atoms with van der Waals surface area (Å²) < 4.78 is 0. The van der Waals surface area contributed by atoms with E-state index < -0.39 is 5.97 Å². The minimum atomic E-state index is -0.867. The predicted molar refractivity (Wildman–Crippen MR) is 109 cm³/mol. The van der Waals surface area contributed by atoms with Crippen molar-refractivity contribution in [3.8, 4) is 0 Å². The van der Waals surface area contributed by atoms with Gasteiger partial charge in [-0.2, -0.15) is 0 Å². The van der Waals surface area contributed by atoms with Gasteiger partial charge < -0.3 is 10.0 Å². The van der Waals surface area contributed by atoms with Crippen LogP contribution in [0.4, 0.5) is 0 Å². The summed E-state index contributed by atoms with van der Waals surface area (Å²) in [7, 11) is 0. The van der Waals surface area contributed by atoms with Crippen LogP contribution >= 0.6 is 0 Å². The van der Waals surface area contributed by atoms with Gasteiger partial charge in [-0.3, -0.25) is 10.2 Å². The molecule has 0 amide bonds. The monoisotopic (exact) mass is 363 g/mol. The van der Waals surface area contributed by atoms with E-state index in [-0.39, 0.29) is 6.17 Å². The van der Waals surface area contributed by atoms with E-state index in [1.54, 1.807) is 12.1 Å². The molecule has 0 fully saturated rings. The molecule has 2 unspecified atom stereocenters. The molecule has 148 valence electrons. The molecule has 0 aromatic heterocycles. The summed E-state index contributed by atoms with van der Waals surface area (Å²) >= 11 is 0. The maximum atomic E-state index is 11.7. The smallest absolute Gasteiger partial charge is 0.336 e. The van der Waals surface area contributed by atoms with Gasteiger partial charge in [-0.05, 0) is 64.1 Å². The molecule has 0 aliphatic rings. The highest BCUT2D eigenvalue weighted by atomic mass is 16.4. The SMILES string of the molecule is CCN(CC)CCCC(C)NC(c1ccccc1C(=O)O)N(CC)CC. The maximum absolute atomic E-state index is 11.7. The van der Waals surface area contributed by atoms with Crippen molar-refractivity contribution >= 4 is 5.97 Å². The zero-order valence-corrected chi connectivity index (χ0v) is 17.2. The Kier molecular flexibility index (Phi) is 10.5. The van der Waals surface area contributed by atoms with Crippen LogP contribution in [-0.2, 0) is 0 Å². The number of hydrogen-bond donors (Lipinski definition) is 2. The van der Waals surface area contributed by atoms with Crippen molar-refractivity contribution in [2.75, 3.05) is 32.7 Å². The van der Waals surface area contributed by atoms with E-state index in [1.165, 1.54) is 0 Å². The lowest BCUT2D eigenvalue weighted by Gasteiger charge is -2.34. The number of nitrogens with one attached hydrogen (secondary N) is 1. The van der Waals surface area contributed by atoms with Gasteiger partial charge in [0.1, 0.15) is 0 Å². The third-order valence-corrected chi connectivity index (χ3v) is 5.11. The Balaban J connectivity index is 2.87. The Bertz CT molecular complexity index is 528. The van der Waals surface area contributed by atoms with Crippen LogP contribution in [0.25, 0.3) is 0 Å². The van der Waals surface area contributed by atoms with Crippen molar-refractivity contribution < 1.29 is 9.90 Å². The molecule has 5 nitrogen and oxygen atoms in total. The molecule has 2 atom stereocenters. The van der Waals surface area contributed by atoms with Crippen LogP contribution in [-0.4, -0.2) is 59.6 Å². The van der Waals surface area contributed by atoms with Crippen molar-refractivity contribution in [3.63, 3.8) is 0 Å². The zero-order valence-electron chi connectivity index (χ0n) is 17.2. The number of rotatable bonds is 13. The number of aromatic carboxylic acids is 1. The van der Waals surface area contributed by atoms with Crippen LogP contribution in [0, 0.1) is 0 Å². The van der Waals surface area contributed by atoms with Crippen molar-refractivity contribution in [3.05, 3.63) is 35.4 Å². The molecule has 1 aromatic rings. The quantitative estimate of drug-likeness (QED) is 0.522. The van der Waals surface area contributed by atoms with Crippen LogP contribution < -0.4 is 5.32 Å². The maximum Gasteiger partial charge on any atom is 0.336 e. The van der Waals surface area contributed by atoms with Crippen LogP contribution in [0.1, 0.15) is 69.5 Å². The van der Waals surface area contributed by atoms with Crippen LogP contribution in [0.15, 0.2) is 24.3 Å². The molecular weight excluding hydrogens is 326 g/mol. The summed E-state index contributed by atoms with van der Waals surface area (Å²) in [5.41, 5.74) is 1.23. The van der Waals surface area contributed by atoms with E-state index in [2.05, 4.69) is 49.7 Å². The first-order valence-electron chi connectivity index (χ1n) is 10.0. The van der Waals surface area contributed by atoms with Gasteiger partial charge >= 0.3 is 5.97 Å². The van der Waals surface area contributed by atoms with Crippen LogP contribution in [0.2, 0.25) is 0 Å². The van der Waals surface area contributed by atoms with Gasteiger partial charge in [-0.1, -0.05) is 45.9 Å². The summed E-state index contributed by atoms with van der Waals surface area (Å²) in [5, 5.41) is 13.3. The minimum Gasteiger partial charge on any atom is -0.478 e. The molecule has 0 heterocycles. The van der Waals surface area contributed by atoms with Crippen LogP contribution in [0.5, 0.6) is 0 Å². The highest BCUT2D eigenvalue weighted by molar-refractivity contribution is 5.89. The Hall–Kier alpha value is -1.43. The van der Waals surface area contributed by atoms with E-state index >= 15 is 0 Å². The van der Waals surface area contributed by atoms with E-state index in [4.69, 9.17) is 0 Å². The molecule has 0 spiro atoms. The van der Waals surface area contributed by atoms with Gasteiger partial charge in [0, 0.05) is 6.04 Å². The van der Waals surface area contributed by atoms with Gasteiger partial charge in [0.05, 0.1) is 11.7 Å². The number of carboxylic acids is 1. The average molecular weight is 364 g/mol. The van der Waals surface area contributed by atoms with Gasteiger partial charge in [0.2, 0.25) is 0 Å². The first-order chi connectivity index (χ1) is 12.5. The lowest BCUT2D eigenvalue weighted by Crippen LogP contribution is -2.43. The Morgan fingerprint density at radius 3 is 2.23 bits per heavy atom. The summed E-state index contributed by atoms with van der Waals surface area (Å²) in [6, 6.07) is 7.66. The molecule has 26 heavy (non-hydrogen) atoms. The molecule has 0 saturated carbocycles. The molecule has 0 saturated heterocycles. The lowest BCUT2D eigenvalue weighted by atomic mass is 10.0. The number of carbonyl (C=O) groups is 1. The number of hydrogen-bond acceptors (Lipinski definition) is 4. The second-order valence-electron chi connectivity index (χ2n) is 6.75. The van der Waals surface area contributed by atoms with E-state index in [0.717, 1.165) is 51.1 Å². The molecule has 0 aliphatic heterocycles. The van der Waals surface area contributed by atoms with E-state index in [9.17, 15) is 9.90 Å². The molecule has 0 aliphatic carbocycles. The molecule has 0 radical (unpaired) electrons. The topological polar surface area (TPSA) is 55.8 Å². The van der Waals surface area contributed by atoms with E-state index in [0.29, 0.717) is 11.6 Å². The van der Waals surface area contributed by atoms with E-state index in [1.807, 2.05) is 12.1 Å². The third-order valence-electron chi connectivity index (χ3n) is 5.11. The first kappa shape index (κ1) is 22.6. The zero-order chi connectivity index (χ0) is 19.5. The Morgan fingerprint density at radius 2 is 1.69 bits per heavy atom. The van der Waals surface area contributed by atoms with Crippen molar-refractivity contribution in [2.24, 2.45) is 0 Å². The fourth-order valence-corrected chi connectivity index (χ4v) is 3.42. The fourth-order valence-electron chi connectivity index (χ4n) is 3.42. The summed E-state index contributed by atoms with van der Waals surface area (Å²) in [5.74, 6) is -0.867. The van der Waals surface area contributed by atoms with Crippen molar-refractivity contribution in [2.45, 2.75) is 59.7 Å². The number of benzene rings is 1. The normalized spacial score (nSPS) is 14.0. The molecule has 0 bridgehead atoms.